The number of H-pyrrole nitrogens is 1. The van der Waals surface area contributed by atoms with E-state index in [0.29, 0.717) is 18.8 Å². The Morgan fingerprint density at radius 3 is 3.12 bits per heavy atom. The second-order valence-electron chi connectivity index (χ2n) is 5.93. The largest absolute Gasteiger partial charge is 0.489 e. The van der Waals surface area contributed by atoms with Gasteiger partial charge in [-0.05, 0) is 34.8 Å². The molecule has 1 unspecified atom stereocenters. The fourth-order valence-electron chi connectivity index (χ4n) is 2.77. The van der Waals surface area contributed by atoms with Crippen LogP contribution in [-0.4, -0.2) is 36.6 Å². The zero-order valence-corrected chi connectivity index (χ0v) is 16.1. The lowest BCUT2D eigenvalue weighted by Crippen LogP contribution is -2.22. The van der Waals surface area contributed by atoms with Crippen molar-refractivity contribution in [2.75, 3.05) is 25.2 Å². The first-order chi connectivity index (χ1) is 12.1. The van der Waals surface area contributed by atoms with Gasteiger partial charge in [-0.15, -0.1) is 0 Å². The van der Waals surface area contributed by atoms with Gasteiger partial charge in [0.05, 0.1) is 22.5 Å². The summed E-state index contributed by atoms with van der Waals surface area (Å²) in [5, 5.41) is 6.26. The van der Waals surface area contributed by atoms with E-state index in [4.69, 9.17) is 21.1 Å². The average molecular weight is 429 g/mol. The van der Waals surface area contributed by atoms with Crippen LogP contribution in [0.15, 0.2) is 33.7 Å². The van der Waals surface area contributed by atoms with Crippen LogP contribution >= 0.6 is 27.5 Å². The van der Waals surface area contributed by atoms with Crippen LogP contribution in [0.3, 0.4) is 0 Å². The zero-order chi connectivity index (χ0) is 17.8. The summed E-state index contributed by atoms with van der Waals surface area (Å²) >= 11 is 9.64. The highest BCUT2D eigenvalue weighted by Crippen LogP contribution is 2.32. The SMILES string of the molecule is CN(Cc1cccc(Br)c1OCC1CCCO1)c1cn[nH]c(=O)c1Cl. The van der Waals surface area contributed by atoms with Crippen LogP contribution in [0.25, 0.3) is 0 Å². The van der Waals surface area contributed by atoms with Gasteiger partial charge in [0.25, 0.3) is 5.56 Å². The van der Waals surface area contributed by atoms with Gasteiger partial charge < -0.3 is 14.4 Å². The predicted molar refractivity (Wildman–Crippen MR) is 101 cm³/mol. The summed E-state index contributed by atoms with van der Waals surface area (Å²) in [7, 11) is 1.85. The molecular weight excluding hydrogens is 410 g/mol. The second-order valence-corrected chi connectivity index (χ2v) is 7.16. The van der Waals surface area contributed by atoms with Crippen LogP contribution in [-0.2, 0) is 11.3 Å². The van der Waals surface area contributed by atoms with Gasteiger partial charge in [-0.2, -0.15) is 5.10 Å². The fraction of sp³-hybridized carbons (Fsp3) is 0.412. The third-order valence-electron chi connectivity index (χ3n) is 4.08. The maximum Gasteiger partial charge on any atom is 0.285 e. The molecule has 1 aliphatic heterocycles. The molecule has 2 heterocycles. The summed E-state index contributed by atoms with van der Waals surface area (Å²) in [5.41, 5.74) is 1.14. The van der Waals surface area contributed by atoms with Gasteiger partial charge in [-0.25, -0.2) is 5.10 Å². The summed E-state index contributed by atoms with van der Waals surface area (Å²) in [5.74, 6) is 0.777. The minimum Gasteiger partial charge on any atom is -0.489 e. The Balaban J connectivity index is 1.78. The Morgan fingerprint density at radius 2 is 2.36 bits per heavy atom. The summed E-state index contributed by atoms with van der Waals surface area (Å²) < 4.78 is 12.5. The van der Waals surface area contributed by atoms with Gasteiger partial charge >= 0.3 is 0 Å². The maximum atomic E-state index is 11.6. The van der Waals surface area contributed by atoms with Gasteiger partial charge in [0.1, 0.15) is 17.4 Å². The first-order valence-electron chi connectivity index (χ1n) is 8.02. The number of halogens is 2. The average Bonchev–Trinajstić information content (AvgIpc) is 3.10. The molecule has 1 atom stereocenters. The monoisotopic (exact) mass is 427 g/mol. The lowest BCUT2D eigenvalue weighted by atomic mass is 10.2. The fourth-order valence-corrected chi connectivity index (χ4v) is 3.53. The van der Waals surface area contributed by atoms with Crippen molar-refractivity contribution in [1.82, 2.24) is 10.2 Å². The van der Waals surface area contributed by atoms with E-state index >= 15 is 0 Å². The van der Waals surface area contributed by atoms with Crippen LogP contribution in [0.4, 0.5) is 5.69 Å². The molecule has 0 bridgehead atoms. The molecule has 25 heavy (non-hydrogen) atoms. The molecule has 1 fully saturated rings. The summed E-state index contributed by atoms with van der Waals surface area (Å²) in [6.45, 7) is 1.84. The first-order valence-corrected chi connectivity index (χ1v) is 9.19. The number of benzene rings is 1. The van der Waals surface area contributed by atoms with Crippen LogP contribution in [0.1, 0.15) is 18.4 Å². The number of hydrogen-bond acceptors (Lipinski definition) is 5. The number of hydrogen-bond donors (Lipinski definition) is 1. The molecule has 1 N–H and O–H groups in total. The van der Waals surface area contributed by atoms with Crippen molar-refractivity contribution < 1.29 is 9.47 Å². The zero-order valence-electron chi connectivity index (χ0n) is 13.8. The second kappa shape index (κ2) is 8.21. The topological polar surface area (TPSA) is 67.5 Å². The quantitative estimate of drug-likeness (QED) is 0.764. The van der Waals surface area contributed by atoms with E-state index in [0.717, 1.165) is 35.2 Å². The van der Waals surface area contributed by atoms with E-state index in [2.05, 4.69) is 26.1 Å². The standard InChI is InChI=1S/C17H19BrClN3O3/c1-22(14-8-20-21-17(23)15(14)19)9-11-4-2-6-13(18)16(11)25-10-12-5-3-7-24-12/h2,4,6,8,12H,3,5,7,9-10H2,1H3,(H,21,23). The number of nitrogens with zero attached hydrogens (tertiary/aromatic N) is 2. The molecule has 6 nitrogen and oxygen atoms in total. The summed E-state index contributed by atoms with van der Waals surface area (Å²) in [6.07, 6.45) is 3.78. The van der Waals surface area contributed by atoms with Gasteiger partial charge in [0.2, 0.25) is 0 Å². The number of aromatic nitrogens is 2. The Kier molecular flexibility index (Phi) is 5.98. The van der Waals surface area contributed by atoms with Gasteiger partial charge in [0.15, 0.2) is 0 Å². The molecule has 0 saturated carbocycles. The third-order valence-corrected chi connectivity index (χ3v) is 5.07. The molecule has 1 aliphatic rings. The highest BCUT2D eigenvalue weighted by atomic mass is 79.9. The lowest BCUT2D eigenvalue weighted by molar-refractivity contribution is 0.0673. The van der Waals surface area contributed by atoms with Crippen molar-refractivity contribution in [2.24, 2.45) is 0 Å². The summed E-state index contributed by atoms with van der Waals surface area (Å²) in [6, 6.07) is 5.88. The number of nitrogens with one attached hydrogen (secondary N) is 1. The highest BCUT2D eigenvalue weighted by molar-refractivity contribution is 9.10. The van der Waals surface area contributed by atoms with Crippen LogP contribution in [0, 0.1) is 0 Å². The normalized spacial score (nSPS) is 16.8. The molecule has 1 aromatic heterocycles. The first kappa shape index (κ1) is 18.2. The van der Waals surface area contributed by atoms with Gasteiger partial charge in [-0.1, -0.05) is 23.7 Å². The highest BCUT2D eigenvalue weighted by Gasteiger charge is 2.19. The molecule has 1 aromatic carbocycles. The number of rotatable bonds is 6. The van der Waals surface area contributed by atoms with E-state index in [-0.39, 0.29) is 11.1 Å². The molecular formula is C17H19BrClN3O3. The number of anilines is 1. The molecule has 0 radical (unpaired) electrons. The number of ether oxygens (including phenoxy) is 2. The molecule has 3 rings (SSSR count). The molecule has 1 saturated heterocycles. The number of para-hydroxylation sites is 1. The van der Waals surface area contributed by atoms with Crippen molar-refractivity contribution in [3.05, 3.63) is 49.8 Å². The summed E-state index contributed by atoms with van der Waals surface area (Å²) in [4.78, 5) is 13.5. The minimum atomic E-state index is -0.407. The van der Waals surface area contributed by atoms with Crippen LogP contribution in [0.2, 0.25) is 5.02 Å². The van der Waals surface area contributed by atoms with Crippen molar-refractivity contribution in [1.29, 1.82) is 0 Å². The number of aromatic amines is 1. The van der Waals surface area contributed by atoms with Crippen molar-refractivity contribution in [3.63, 3.8) is 0 Å². The minimum absolute atomic E-state index is 0.120. The van der Waals surface area contributed by atoms with E-state index in [1.54, 1.807) is 0 Å². The van der Waals surface area contributed by atoms with Crippen molar-refractivity contribution in [3.8, 4) is 5.75 Å². The van der Waals surface area contributed by atoms with E-state index < -0.39 is 5.56 Å². The van der Waals surface area contributed by atoms with E-state index in [1.165, 1.54) is 6.20 Å². The molecule has 2 aromatic rings. The lowest BCUT2D eigenvalue weighted by Gasteiger charge is -2.22. The smallest absolute Gasteiger partial charge is 0.285 e. The third kappa shape index (κ3) is 4.34. The van der Waals surface area contributed by atoms with E-state index in [1.807, 2.05) is 30.1 Å². The Morgan fingerprint density at radius 1 is 1.52 bits per heavy atom. The van der Waals surface area contributed by atoms with Gasteiger partial charge in [-0.3, -0.25) is 4.79 Å². The van der Waals surface area contributed by atoms with Crippen LogP contribution in [0.5, 0.6) is 5.75 Å². The van der Waals surface area contributed by atoms with Gasteiger partial charge in [0, 0.05) is 25.8 Å². The molecule has 0 amide bonds. The Hall–Kier alpha value is -1.57. The van der Waals surface area contributed by atoms with Crippen molar-refractivity contribution >= 4 is 33.2 Å². The maximum absolute atomic E-state index is 11.6. The Bertz CT molecular complexity index is 793. The molecule has 0 aliphatic carbocycles. The predicted octanol–water partition coefficient (Wildman–Crippen LogP) is 3.38. The van der Waals surface area contributed by atoms with E-state index in [9.17, 15) is 4.79 Å². The molecule has 8 heteroatoms. The molecule has 134 valence electrons. The van der Waals surface area contributed by atoms with Crippen molar-refractivity contribution in [2.45, 2.75) is 25.5 Å². The Labute approximate surface area is 159 Å². The van der Waals surface area contributed by atoms with Crippen LogP contribution < -0.4 is 15.2 Å². The molecule has 0 spiro atoms.